The molecule has 0 saturated heterocycles. The number of halogens is 1. The lowest BCUT2D eigenvalue weighted by atomic mass is 10.1. The third-order valence-corrected chi connectivity index (χ3v) is 9.07. The Morgan fingerprint density at radius 3 is 2.27 bits per heavy atom. The summed E-state index contributed by atoms with van der Waals surface area (Å²) in [7, 11) is 0. The fourth-order valence-corrected chi connectivity index (χ4v) is 8.59. The number of hydrogen-bond acceptors (Lipinski definition) is 3. The molecule has 3 heterocycles. The molecule has 0 amide bonds. The van der Waals surface area contributed by atoms with Crippen molar-refractivity contribution in [3.63, 3.8) is 0 Å². The monoisotopic (exact) mass is 448 g/mol. The lowest BCUT2D eigenvalue weighted by molar-refractivity contribution is 1.69. The first-order valence-corrected chi connectivity index (χ1v) is 10.4. The van der Waals surface area contributed by atoms with Crippen molar-refractivity contribution in [3.05, 3.63) is 58.2 Å². The zero-order valence-corrected chi connectivity index (χ0v) is 15.9. The molecule has 0 atom stereocenters. The molecule has 0 aliphatic heterocycles. The summed E-state index contributed by atoms with van der Waals surface area (Å²) in [6, 6.07) is 19.5. The van der Waals surface area contributed by atoms with Gasteiger partial charge in [-0.3, -0.25) is 0 Å². The average Bonchev–Trinajstić information content (AvgIpc) is 3.16. The Kier molecular flexibility index (Phi) is 3.08. The highest BCUT2D eigenvalue weighted by atomic mass is 127. The average molecular weight is 448 g/mol. The number of rotatable bonds is 1. The summed E-state index contributed by atoms with van der Waals surface area (Å²) in [6.45, 7) is 0. The number of benzene rings is 2. The van der Waals surface area contributed by atoms with Gasteiger partial charge < -0.3 is 0 Å². The van der Waals surface area contributed by atoms with Crippen molar-refractivity contribution in [1.82, 2.24) is 0 Å². The molecule has 0 unspecified atom stereocenters. The quantitative estimate of drug-likeness (QED) is 0.232. The van der Waals surface area contributed by atoms with Crippen molar-refractivity contribution in [3.8, 4) is 10.4 Å². The first kappa shape index (κ1) is 13.5. The molecule has 0 fully saturated rings. The highest BCUT2D eigenvalue weighted by Gasteiger charge is 2.19. The molecule has 5 aromatic rings. The van der Waals surface area contributed by atoms with Gasteiger partial charge in [0.05, 0.1) is 8.03 Å². The van der Waals surface area contributed by atoms with Crippen LogP contribution in [0.4, 0.5) is 0 Å². The van der Waals surface area contributed by atoms with Crippen LogP contribution in [0.25, 0.3) is 39.3 Å². The Bertz CT molecular complexity index is 1130. The number of hydrogen-bond donors (Lipinski definition) is 0. The van der Waals surface area contributed by atoms with Gasteiger partial charge in [-0.1, -0.05) is 48.5 Å². The normalized spacial score (nSPS) is 11.9. The van der Waals surface area contributed by atoms with E-state index >= 15 is 0 Å². The Labute approximate surface area is 153 Å². The van der Waals surface area contributed by atoms with Gasteiger partial charge in [-0.25, -0.2) is 0 Å². The van der Waals surface area contributed by atoms with E-state index in [1.165, 1.54) is 42.9 Å². The molecule has 0 saturated carbocycles. The van der Waals surface area contributed by atoms with Crippen LogP contribution in [0.5, 0.6) is 0 Å². The first-order chi connectivity index (χ1) is 10.8. The van der Waals surface area contributed by atoms with Crippen molar-refractivity contribution in [1.29, 1.82) is 0 Å². The second-order valence-electron chi connectivity index (χ2n) is 5.14. The molecule has 3 aromatic heterocycles. The molecule has 0 N–H and O–H groups in total. The summed E-state index contributed by atoms with van der Waals surface area (Å²) in [5.41, 5.74) is 1.33. The predicted octanol–water partition coefficient (Wildman–Crippen LogP) is 7.60. The van der Waals surface area contributed by atoms with E-state index in [9.17, 15) is 0 Å². The van der Waals surface area contributed by atoms with Crippen LogP contribution in [0.3, 0.4) is 0 Å². The van der Waals surface area contributed by atoms with Crippen molar-refractivity contribution in [2.45, 2.75) is 0 Å². The third kappa shape index (κ3) is 1.84. The van der Waals surface area contributed by atoms with Crippen molar-refractivity contribution in [2.75, 3.05) is 0 Å². The van der Waals surface area contributed by atoms with Crippen molar-refractivity contribution < 1.29 is 0 Å². The Hall–Kier alpha value is -0.950. The van der Waals surface area contributed by atoms with E-state index in [-0.39, 0.29) is 0 Å². The highest BCUT2D eigenvalue weighted by molar-refractivity contribution is 14.1. The van der Waals surface area contributed by atoms with Gasteiger partial charge in [0.25, 0.3) is 0 Å². The van der Waals surface area contributed by atoms with E-state index in [2.05, 4.69) is 77.2 Å². The Morgan fingerprint density at radius 2 is 1.41 bits per heavy atom. The lowest BCUT2D eigenvalue weighted by Gasteiger charge is -1.98. The molecule has 106 valence electrons. The van der Waals surface area contributed by atoms with Crippen LogP contribution in [0.15, 0.2) is 54.6 Å². The minimum absolute atomic E-state index is 1.33. The largest absolute Gasteiger partial charge is 0.124 e. The second-order valence-corrected chi connectivity index (χ2v) is 9.83. The topological polar surface area (TPSA) is 0 Å². The Balaban J connectivity index is 1.92. The van der Waals surface area contributed by atoms with Crippen LogP contribution in [0, 0.1) is 3.57 Å². The lowest BCUT2D eigenvalue weighted by Crippen LogP contribution is -1.74. The van der Waals surface area contributed by atoms with E-state index in [4.69, 9.17) is 0 Å². The first-order valence-electron chi connectivity index (χ1n) is 6.90. The summed E-state index contributed by atoms with van der Waals surface area (Å²) < 4.78 is 5.71. The molecular weight excluding hydrogens is 439 g/mol. The maximum atomic E-state index is 2.53. The summed E-state index contributed by atoms with van der Waals surface area (Å²) in [5, 5.41) is 4.33. The fraction of sp³-hybridized carbons (Fsp3) is 0. The molecule has 5 rings (SSSR count). The molecule has 0 spiro atoms. The molecule has 0 nitrogen and oxygen atoms in total. The highest BCUT2D eigenvalue weighted by Crippen LogP contribution is 2.51. The van der Waals surface area contributed by atoms with Crippen molar-refractivity contribution >= 4 is 85.5 Å². The van der Waals surface area contributed by atoms with Gasteiger partial charge in [-0.15, -0.1) is 34.0 Å². The van der Waals surface area contributed by atoms with E-state index in [1.54, 1.807) is 0 Å². The molecule has 0 aliphatic rings. The van der Waals surface area contributed by atoms with Gasteiger partial charge in [0.15, 0.2) is 0 Å². The van der Waals surface area contributed by atoms with Crippen LogP contribution < -0.4 is 0 Å². The summed E-state index contributed by atoms with van der Waals surface area (Å²) in [4.78, 5) is 1.40. The molecule has 22 heavy (non-hydrogen) atoms. The predicted molar refractivity (Wildman–Crippen MR) is 111 cm³/mol. The number of fused-ring (bicyclic) bond motifs is 5. The number of thiophene rings is 3. The van der Waals surface area contributed by atoms with Gasteiger partial charge in [0.2, 0.25) is 0 Å². The summed E-state index contributed by atoms with van der Waals surface area (Å²) in [5.74, 6) is 0. The van der Waals surface area contributed by atoms with E-state index in [1.807, 2.05) is 34.0 Å². The standard InChI is InChI=1S/C18H9IS3/c19-15-14-13-11-8-4-5-9-12(11)20-17(13)22-18(14)21-16(15)10-6-2-1-3-7-10/h1-9H. The molecule has 0 radical (unpaired) electrons. The maximum Gasteiger partial charge on any atom is 0.0904 e. The molecule has 0 aliphatic carbocycles. The zero-order chi connectivity index (χ0) is 14.7. The van der Waals surface area contributed by atoms with Gasteiger partial charge in [-0.05, 0) is 34.2 Å². The van der Waals surface area contributed by atoms with Gasteiger partial charge >= 0.3 is 0 Å². The molecule has 2 aromatic carbocycles. The summed E-state index contributed by atoms with van der Waals surface area (Å²) in [6.07, 6.45) is 0. The van der Waals surface area contributed by atoms with Gasteiger partial charge in [0, 0.05) is 29.3 Å². The fourth-order valence-electron chi connectivity index (χ4n) is 2.87. The third-order valence-electron chi connectivity index (χ3n) is 3.85. The van der Waals surface area contributed by atoms with Crippen LogP contribution in [0.1, 0.15) is 0 Å². The molecule has 4 heteroatoms. The van der Waals surface area contributed by atoms with E-state index < -0.39 is 0 Å². The zero-order valence-electron chi connectivity index (χ0n) is 11.3. The smallest absolute Gasteiger partial charge is 0.0904 e. The molecule has 0 bridgehead atoms. The maximum absolute atomic E-state index is 2.53. The van der Waals surface area contributed by atoms with Crippen LogP contribution in [-0.4, -0.2) is 0 Å². The van der Waals surface area contributed by atoms with Crippen molar-refractivity contribution in [2.24, 2.45) is 0 Å². The van der Waals surface area contributed by atoms with Crippen LogP contribution in [0.2, 0.25) is 0 Å². The second kappa shape index (κ2) is 5.03. The Morgan fingerprint density at radius 1 is 0.682 bits per heavy atom. The van der Waals surface area contributed by atoms with E-state index in [0.717, 1.165) is 0 Å². The SMILES string of the molecule is Ic1c(-c2ccccc2)sc2sc3sc4ccccc4c3c12. The van der Waals surface area contributed by atoms with Crippen LogP contribution in [-0.2, 0) is 0 Å². The van der Waals surface area contributed by atoms with E-state index in [0.29, 0.717) is 0 Å². The molecular formula is C18H9IS3. The van der Waals surface area contributed by atoms with Gasteiger partial charge in [-0.2, -0.15) is 0 Å². The van der Waals surface area contributed by atoms with Gasteiger partial charge in [0.1, 0.15) is 0 Å². The summed E-state index contributed by atoms with van der Waals surface area (Å²) >= 11 is 8.34. The minimum atomic E-state index is 1.33. The van der Waals surface area contributed by atoms with Crippen LogP contribution >= 0.6 is 56.6 Å². The minimum Gasteiger partial charge on any atom is -0.124 e.